The summed E-state index contributed by atoms with van der Waals surface area (Å²) in [6.07, 6.45) is 4.86. The van der Waals surface area contributed by atoms with Crippen LogP contribution >= 0.6 is 11.3 Å². The van der Waals surface area contributed by atoms with E-state index in [-0.39, 0.29) is 16.3 Å². The van der Waals surface area contributed by atoms with Crippen molar-refractivity contribution in [3.63, 3.8) is 0 Å². The van der Waals surface area contributed by atoms with E-state index in [1.807, 2.05) is 18.2 Å². The Kier molecular flexibility index (Phi) is 10.5. The predicted molar refractivity (Wildman–Crippen MR) is 144 cm³/mol. The van der Waals surface area contributed by atoms with Gasteiger partial charge < -0.3 is 14.6 Å². The number of carboxylic acid groups (broad SMARTS) is 1. The van der Waals surface area contributed by atoms with E-state index in [0.29, 0.717) is 24.5 Å². The first-order valence-corrected chi connectivity index (χ1v) is 13.0. The second-order valence-electron chi connectivity index (χ2n) is 8.55. The van der Waals surface area contributed by atoms with Gasteiger partial charge in [0.2, 0.25) is 0 Å². The van der Waals surface area contributed by atoms with Gasteiger partial charge in [-0.3, -0.25) is 10.1 Å². The molecule has 0 saturated heterocycles. The average molecular weight is 545 g/mol. The van der Waals surface area contributed by atoms with Gasteiger partial charge in [-0.1, -0.05) is 31.9 Å². The van der Waals surface area contributed by atoms with Gasteiger partial charge >= 0.3 is 5.97 Å². The number of nitrogens with zero attached hydrogens (tertiary/aromatic N) is 1. The van der Waals surface area contributed by atoms with Crippen molar-refractivity contribution in [1.29, 1.82) is 0 Å². The first-order valence-electron chi connectivity index (χ1n) is 12.2. The lowest BCUT2D eigenvalue weighted by Crippen LogP contribution is -2.13. The van der Waals surface area contributed by atoms with Gasteiger partial charge in [0, 0.05) is 34.3 Å². The first kappa shape index (κ1) is 28.9. The van der Waals surface area contributed by atoms with Crippen LogP contribution in [0.4, 0.5) is 13.9 Å². The molecule has 0 aliphatic rings. The average Bonchev–Trinajstić information content (AvgIpc) is 3.35. The normalized spacial score (nSPS) is 11.4. The number of benzene rings is 2. The fourth-order valence-corrected chi connectivity index (χ4v) is 4.42. The third-order valence-corrected chi connectivity index (χ3v) is 6.51. The lowest BCUT2D eigenvalue weighted by atomic mass is 10.0. The fraction of sp³-hybridized carbons (Fsp3) is 0.321. The molecule has 2 N–H and O–H groups in total. The summed E-state index contributed by atoms with van der Waals surface area (Å²) in [6.45, 7) is 4.65. The van der Waals surface area contributed by atoms with Crippen LogP contribution in [0, 0.1) is 11.6 Å². The highest BCUT2D eigenvalue weighted by atomic mass is 32.1. The number of hydrogen-bond acceptors (Lipinski definition) is 6. The van der Waals surface area contributed by atoms with E-state index in [0.717, 1.165) is 66.5 Å². The highest BCUT2D eigenvalue weighted by Crippen LogP contribution is 2.35. The quantitative estimate of drug-likeness (QED) is 0.186. The Morgan fingerprint density at radius 2 is 1.89 bits per heavy atom. The van der Waals surface area contributed by atoms with Crippen molar-refractivity contribution in [1.82, 2.24) is 4.98 Å². The van der Waals surface area contributed by atoms with Gasteiger partial charge in [-0.05, 0) is 49.6 Å². The summed E-state index contributed by atoms with van der Waals surface area (Å²) in [4.78, 5) is 28.1. The van der Waals surface area contributed by atoms with E-state index in [9.17, 15) is 18.4 Å². The van der Waals surface area contributed by atoms with Gasteiger partial charge in [0.05, 0.1) is 19.4 Å². The van der Waals surface area contributed by atoms with E-state index in [1.165, 1.54) is 6.92 Å². The number of carbonyl (C=O) groups excluding carboxylic acids is 1. The first-order chi connectivity index (χ1) is 18.2. The number of methoxy groups -OCH3 is 1. The molecule has 10 heteroatoms. The van der Waals surface area contributed by atoms with Crippen molar-refractivity contribution in [3.05, 3.63) is 69.6 Å². The van der Waals surface area contributed by atoms with E-state index in [4.69, 9.17) is 14.6 Å². The lowest BCUT2D eigenvalue weighted by molar-refractivity contribution is -0.132. The Morgan fingerprint density at radius 3 is 2.55 bits per heavy atom. The fourth-order valence-electron chi connectivity index (χ4n) is 3.72. The zero-order valence-electron chi connectivity index (χ0n) is 21.5. The summed E-state index contributed by atoms with van der Waals surface area (Å²) in [6, 6.07) is 7.43. The highest BCUT2D eigenvalue weighted by Gasteiger charge is 2.18. The molecule has 0 spiro atoms. The van der Waals surface area contributed by atoms with Crippen LogP contribution in [-0.4, -0.2) is 42.3 Å². The van der Waals surface area contributed by atoms with E-state index >= 15 is 0 Å². The molecule has 2 aromatic carbocycles. The number of carboxylic acids is 1. The minimum absolute atomic E-state index is 0.239. The van der Waals surface area contributed by atoms with Gasteiger partial charge in [0.1, 0.15) is 17.4 Å². The summed E-state index contributed by atoms with van der Waals surface area (Å²) in [5.74, 6) is -3.49. The molecule has 0 fully saturated rings. The number of rotatable bonds is 13. The van der Waals surface area contributed by atoms with Crippen molar-refractivity contribution in [3.8, 4) is 17.0 Å². The number of carbonyl (C=O) groups is 2. The maximum absolute atomic E-state index is 14.5. The van der Waals surface area contributed by atoms with Crippen LogP contribution in [0.1, 0.15) is 54.6 Å². The van der Waals surface area contributed by atoms with Crippen molar-refractivity contribution in [2.45, 2.75) is 39.5 Å². The maximum Gasteiger partial charge on any atom is 0.331 e. The predicted octanol–water partition coefficient (Wildman–Crippen LogP) is 6.59. The van der Waals surface area contributed by atoms with E-state index < -0.39 is 29.1 Å². The van der Waals surface area contributed by atoms with E-state index in [2.05, 4.69) is 17.2 Å². The van der Waals surface area contributed by atoms with Crippen LogP contribution in [0.3, 0.4) is 0 Å². The lowest BCUT2D eigenvalue weighted by Gasteiger charge is -2.12. The Hall–Kier alpha value is -3.63. The Labute approximate surface area is 224 Å². The second kappa shape index (κ2) is 13.8. The molecule has 1 aromatic heterocycles. The molecular weight excluding hydrogens is 514 g/mol. The summed E-state index contributed by atoms with van der Waals surface area (Å²) in [5.41, 5.74) is 1.26. The molecule has 202 valence electrons. The number of amides is 1. The number of aliphatic carboxylic acids is 1. The van der Waals surface area contributed by atoms with Crippen LogP contribution in [0.5, 0.6) is 5.75 Å². The molecule has 0 aliphatic carbocycles. The SMILES string of the molecule is CCCCCOCCc1cccc(-c2csc(NC(=O)c3cc(F)c(C=C(C)C(=O)O)c(F)c3)n2)c1OC. The zero-order valence-corrected chi connectivity index (χ0v) is 22.3. The van der Waals surface area contributed by atoms with Gasteiger partial charge in [0.15, 0.2) is 5.13 Å². The monoisotopic (exact) mass is 544 g/mol. The Balaban J connectivity index is 1.73. The molecular formula is C28H30F2N2O5S. The van der Waals surface area contributed by atoms with Crippen LogP contribution in [0.2, 0.25) is 0 Å². The van der Waals surface area contributed by atoms with Crippen molar-refractivity contribution < 1.29 is 33.0 Å². The number of para-hydroxylation sites is 1. The number of unbranched alkanes of at least 4 members (excludes halogenated alkanes) is 2. The molecule has 3 rings (SSSR count). The molecule has 38 heavy (non-hydrogen) atoms. The van der Waals surface area contributed by atoms with Crippen molar-refractivity contribution in [2.75, 3.05) is 25.6 Å². The third kappa shape index (κ3) is 7.45. The topological polar surface area (TPSA) is 97.8 Å². The Bertz CT molecular complexity index is 1300. The van der Waals surface area contributed by atoms with Crippen LogP contribution < -0.4 is 10.1 Å². The molecule has 1 heterocycles. The van der Waals surface area contributed by atoms with Crippen molar-refractivity contribution >= 4 is 34.4 Å². The molecule has 3 aromatic rings. The minimum Gasteiger partial charge on any atom is -0.496 e. The van der Waals surface area contributed by atoms with Crippen LogP contribution in [0.15, 0.2) is 41.3 Å². The van der Waals surface area contributed by atoms with Crippen LogP contribution in [0.25, 0.3) is 17.3 Å². The molecule has 0 bridgehead atoms. The highest BCUT2D eigenvalue weighted by molar-refractivity contribution is 7.14. The summed E-state index contributed by atoms with van der Waals surface area (Å²) >= 11 is 1.16. The number of aromatic nitrogens is 1. The summed E-state index contributed by atoms with van der Waals surface area (Å²) < 4.78 is 40.3. The standard InChI is InChI=1S/C28H30F2N2O5S/c1-4-5-6-11-37-12-10-18-8-7-9-20(25(18)36-3)24-16-38-28(31-24)32-26(33)19-14-22(29)21(23(30)15-19)13-17(2)27(34)35/h7-9,13-16H,4-6,10-12H2,1-3H3,(H,34,35)(H,31,32,33). The van der Waals surface area contributed by atoms with E-state index in [1.54, 1.807) is 12.5 Å². The molecule has 7 nitrogen and oxygen atoms in total. The number of halogens is 2. The van der Waals surface area contributed by atoms with Gasteiger partial charge in [-0.25, -0.2) is 18.6 Å². The molecule has 0 atom stereocenters. The van der Waals surface area contributed by atoms with Crippen molar-refractivity contribution in [2.24, 2.45) is 0 Å². The maximum atomic E-state index is 14.5. The molecule has 0 saturated carbocycles. The number of ether oxygens (including phenoxy) is 2. The summed E-state index contributed by atoms with van der Waals surface area (Å²) in [5, 5.41) is 13.5. The number of hydrogen-bond donors (Lipinski definition) is 2. The van der Waals surface area contributed by atoms with Crippen LogP contribution in [-0.2, 0) is 16.0 Å². The number of thiazole rings is 1. The second-order valence-corrected chi connectivity index (χ2v) is 9.40. The summed E-state index contributed by atoms with van der Waals surface area (Å²) in [7, 11) is 1.58. The minimum atomic E-state index is -1.30. The molecule has 0 unspecified atom stereocenters. The largest absolute Gasteiger partial charge is 0.496 e. The van der Waals surface area contributed by atoms with Gasteiger partial charge in [0.25, 0.3) is 5.91 Å². The number of anilines is 1. The van der Waals surface area contributed by atoms with Gasteiger partial charge in [-0.15, -0.1) is 11.3 Å². The molecule has 1 amide bonds. The smallest absolute Gasteiger partial charge is 0.331 e. The Morgan fingerprint density at radius 1 is 1.16 bits per heavy atom. The van der Waals surface area contributed by atoms with Gasteiger partial charge in [-0.2, -0.15) is 0 Å². The third-order valence-electron chi connectivity index (χ3n) is 5.75. The number of nitrogens with one attached hydrogen (secondary N) is 1. The molecule has 0 aliphatic heterocycles. The molecule has 0 radical (unpaired) electrons. The zero-order chi connectivity index (χ0) is 27.7.